The van der Waals surface area contributed by atoms with Crippen LogP contribution < -0.4 is 5.73 Å². The Labute approximate surface area is 121 Å². The Morgan fingerprint density at radius 1 is 1.26 bits per heavy atom. The van der Waals surface area contributed by atoms with Crippen molar-refractivity contribution in [2.75, 3.05) is 33.4 Å². The zero-order valence-electron chi connectivity index (χ0n) is 11.5. The zero-order valence-corrected chi connectivity index (χ0v) is 13.1. The van der Waals surface area contributed by atoms with Crippen LogP contribution in [-0.2, 0) is 4.79 Å². The summed E-state index contributed by atoms with van der Waals surface area (Å²) in [6.45, 7) is 1.83. The third-order valence-electron chi connectivity index (χ3n) is 2.86. The smallest absolute Gasteiger partial charge is 0.254 e. The van der Waals surface area contributed by atoms with Crippen molar-refractivity contribution in [3.63, 3.8) is 0 Å². The molecule has 104 valence electrons. The average molecular weight is 328 g/mol. The van der Waals surface area contributed by atoms with E-state index < -0.39 is 0 Å². The molecule has 0 atom stereocenters. The standard InChI is InChI=1S/C13H18BrN3O2/c1-8-10(5-9(14)6-11(8)15)13(19)17(4)7-12(18)16(2)3/h5-6H,7,15H2,1-4H3. The predicted octanol–water partition coefficient (Wildman–Crippen LogP) is 1.50. The lowest BCUT2D eigenvalue weighted by Gasteiger charge is -2.20. The highest BCUT2D eigenvalue weighted by atomic mass is 79.9. The molecule has 1 rings (SSSR count). The van der Waals surface area contributed by atoms with Gasteiger partial charge < -0.3 is 15.5 Å². The van der Waals surface area contributed by atoms with Gasteiger partial charge in [0.05, 0.1) is 6.54 Å². The van der Waals surface area contributed by atoms with Crippen LogP contribution in [0.3, 0.4) is 0 Å². The highest BCUT2D eigenvalue weighted by molar-refractivity contribution is 9.10. The van der Waals surface area contributed by atoms with Crippen LogP contribution in [-0.4, -0.2) is 49.3 Å². The van der Waals surface area contributed by atoms with E-state index in [0.717, 1.165) is 10.0 Å². The number of carbonyl (C=O) groups is 2. The van der Waals surface area contributed by atoms with E-state index in [1.165, 1.54) is 9.80 Å². The Morgan fingerprint density at radius 3 is 2.37 bits per heavy atom. The molecule has 0 radical (unpaired) electrons. The fourth-order valence-corrected chi connectivity index (χ4v) is 2.02. The van der Waals surface area contributed by atoms with E-state index >= 15 is 0 Å². The van der Waals surface area contributed by atoms with Gasteiger partial charge in [-0.25, -0.2) is 0 Å². The molecule has 0 saturated heterocycles. The first-order chi connectivity index (χ1) is 8.73. The summed E-state index contributed by atoms with van der Waals surface area (Å²) in [6.07, 6.45) is 0. The number of amides is 2. The zero-order chi connectivity index (χ0) is 14.7. The fourth-order valence-electron chi connectivity index (χ4n) is 1.54. The number of halogens is 1. The summed E-state index contributed by atoms with van der Waals surface area (Å²) < 4.78 is 0.742. The lowest BCUT2D eigenvalue weighted by atomic mass is 10.1. The number of nitrogens with two attached hydrogens (primary N) is 1. The molecule has 0 aliphatic carbocycles. The number of rotatable bonds is 3. The topological polar surface area (TPSA) is 66.6 Å². The molecule has 0 aliphatic rings. The van der Waals surface area contributed by atoms with E-state index in [2.05, 4.69) is 15.9 Å². The summed E-state index contributed by atoms with van der Waals surface area (Å²) in [5.41, 5.74) is 7.60. The SMILES string of the molecule is Cc1c(N)cc(Br)cc1C(=O)N(C)CC(=O)N(C)C. The molecule has 2 amide bonds. The highest BCUT2D eigenvalue weighted by Crippen LogP contribution is 2.23. The molecule has 0 spiro atoms. The van der Waals surface area contributed by atoms with E-state index in [4.69, 9.17) is 5.73 Å². The largest absolute Gasteiger partial charge is 0.398 e. The summed E-state index contributed by atoms with van der Waals surface area (Å²) in [6, 6.07) is 3.46. The maximum atomic E-state index is 12.3. The second kappa shape index (κ2) is 6.06. The number of hydrogen-bond acceptors (Lipinski definition) is 3. The Hall–Kier alpha value is -1.56. The van der Waals surface area contributed by atoms with Crippen LogP contribution >= 0.6 is 15.9 Å². The normalized spacial score (nSPS) is 10.2. The van der Waals surface area contributed by atoms with Crippen molar-refractivity contribution in [1.82, 2.24) is 9.80 Å². The first-order valence-corrected chi connectivity index (χ1v) is 6.54. The quantitative estimate of drug-likeness (QED) is 0.855. The van der Waals surface area contributed by atoms with Gasteiger partial charge in [0.2, 0.25) is 5.91 Å². The van der Waals surface area contributed by atoms with Crippen LogP contribution in [0.1, 0.15) is 15.9 Å². The van der Waals surface area contributed by atoms with Crippen LogP contribution in [0.25, 0.3) is 0 Å². The third kappa shape index (κ3) is 3.70. The molecule has 5 nitrogen and oxygen atoms in total. The fraction of sp³-hybridized carbons (Fsp3) is 0.385. The molecule has 0 bridgehead atoms. The van der Waals surface area contributed by atoms with Gasteiger partial charge in [0, 0.05) is 36.9 Å². The van der Waals surface area contributed by atoms with Crippen LogP contribution in [0.2, 0.25) is 0 Å². The second-order valence-corrected chi connectivity index (χ2v) is 5.53. The van der Waals surface area contributed by atoms with Crippen LogP contribution in [0, 0.1) is 6.92 Å². The Morgan fingerprint density at radius 2 is 1.84 bits per heavy atom. The molecule has 0 fully saturated rings. The molecule has 0 aromatic heterocycles. The monoisotopic (exact) mass is 327 g/mol. The molecule has 0 heterocycles. The van der Waals surface area contributed by atoms with Crippen LogP contribution in [0.15, 0.2) is 16.6 Å². The van der Waals surface area contributed by atoms with E-state index in [1.54, 1.807) is 40.2 Å². The predicted molar refractivity (Wildman–Crippen MR) is 78.9 cm³/mol. The van der Waals surface area contributed by atoms with Gasteiger partial charge in [0.25, 0.3) is 5.91 Å². The van der Waals surface area contributed by atoms with E-state index in [-0.39, 0.29) is 18.4 Å². The molecular formula is C13H18BrN3O2. The Kier molecular flexibility index (Phi) is 4.94. The third-order valence-corrected chi connectivity index (χ3v) is 3.32. The molecule has 0 aliphatic heterocycles. The van der Waals surface area contributed by atoms with E-state index in [9.17, 15) is 9.59 Å². The highest BCUT2D eigenvalue weighted by Gasteiger charge is 2.19. The maximum absolute atomic E-state index is 12.3. The summed E-state index contributed by atoms with van der Waals surface area (Å²) in [7, 11) is 4.91. The van der Waals surface area contributed by atoms with Gasteiger partial charge >= 0.3 is 0 Å². The molecule has 1 aromatic rings. The number of anilines is 1. The number of carbonyl (C=O) groups excluding carboxylic acids is 2. The first kappa shape index (κ1) is 15.5. The first-order valence-electron chi connectivity index (χ1n) is 5.75. The lowest BCUT2D eigenvalue weighted by Crippen LogP contribution is -2.38. The molecule has 2 N–H and O–H groups in total. The van der Waals surface area contributed by atoms with E-state index in [1.807, 2.05) is 0 Å². The second-order valence-electron chi connectivity index (χ2n) is 4.62. The maximum Gasteiger partial charge on any atom is 0.254 e. The molecular weight excluding hydrogens is 310 g/mol. The number of benzene rings is 1. The average Bonchev–Trinajstić information content (AvgIpc) is 2.32. The summed E-state index contributed by atoms with van der Waals surface area (Å²) in [4.78, 5) is 26.7. The van der Waals surface area contributed by atoms with Crippen molar-refractivity contribution in [2.45, 2.75) is 6.92 Å². The van der Waals surface area contributed by atoms with E-state index in [0.29, 0.717) is 11.3 Å². The van der Waals surface area contributed by atoms with Crippen LogP contribution in [0.4, 0.5) is 5.69 Å². The lowest BCUT2D eigenvalue weighted by molar-refractivity contribution is -0.129. The minimum absolute atomic E-state index is 0.0394. The molecule has 1 aromatic carbocycles. The van der Waals surface area contributed by atoms with Gasteiger partial charge in [-0.15, -0.1) is 0 Å². The summed E-state index contributed by atoms with van der Waals surface area (Å²) in [5.74, 6) is -0.350. The molecule has 6 heteroatoms. The number of nitrogens with zero attached hydrogens (tertiary/aromatic N) is 2. The van der Waals surface area contributed by atoms with Crippen molar-refractivity contribution in [2.24, 2.45) is 0 Å². The van der Waals surface area contributed by atoms with Gasteiger partial charge in [-0.2, -0.15) is 0 Å². The summed E-state index contributed by atoms with van der Waals surface area (Å²) in [5, 5.41) is 0. The minimum Gasteiger partial charge on any atom is -0.398 e. The van der Waals surface area contributed by atoms with Gasteiger partial charge in [-0.1, -0.05) is 15.9 Å². The van der Waals surface area contributed by atoms with Gasteiger partial charge in [-0.05, 0) is 24.6 Å². The van der Waals surface area contributed by atoms with Gasteiger partial charge in [-0.3, -0.25) is 9.59 Å². The van der Waals surface area contributed by atoms with Gasteiger partial charge in [0.15, 0.2) is 0 Å². The molecule has 0 unspecified atom stereocenters. The van der Waals surface area contributed by atoms with Crippen molar-refractivity contribution in [1.29, 1.82) is 0 Å². The minimum atomic E-state index is -0.222. The number of likely N-dealkylation sites (N-methyl/N-ethyl adjacent to an activating group) is 2. The molecule has 0 saturated carbocycles. The Bertz CT molecular complexity index is 515. The molecule has 19 heavy (non-hydrogen) atoms. The van der Waals surface area contributed by atoms with Crippen LogP contribution in [0.5, 0.6) is 0 Å². The van der Waals surface area contributed by atoms with Crippen molar-refractivity contribution in [3.05, 3.63) is 27.7 Å². The van der Waals surface area contributed by atoms with Gasteiger partial charge in [0.1, 0.15) is 0 Å². The van der Waals surface area contributed by atoms with Crippen molar-refractivity contribution in [3.8, 4) is 0 Å². The number of hydrogen-bond donors (Lipinski definition) is 1. The Balaban J connectivity index is 2.98. The number of nitrogen functional groups attached to an aromatic ring is 1. The van der Waals surface area contributed by atoms with Crippen molar-refractivity contribution >= 4 is 33.4 Å². The van der Waals surface area contributed by atoms with Crippen molar-refractivity contribution < 1.29 is 9.59 Å². The summed E-state index contributed by atoms with van der Waals surface area (Å²) >= 11 is 3.31.